The van der Waals surface area contributed by atoms with E-state index in [9.17, 15) is 4.39 Å². The van der Waals surface area contributed by atoms with Crippen LogP contribution in [0.25, 0.3) is 0 Å². The van der Waals surface area contributed by atoms with Gasteiger partial charge in [0.1, 0.15) is 12.3 Å². The Hall–Kier alpha value is -2.07. The Kier molecular flexibility index (Phi) is 5.22. The first kappa shape index (κ1) is 19.9. The van der Waals surface area contributed by atoms with Gasteiger partial charge in [-0.25, -0.2) is 4.39 Å². The number of benzene rings is 2. The van der Waals surface area contributed by atoms with E-state index in [2.05, 4.69) is 55.1 Å². The second kappa shape index (κ2) is 7.88. The zero-order chi connectivity index (χ0) is 20.8. The summed E-state index contributed by atoms with van der Waals surface area (Å²) in [6.07, 6.45) is 2.31. The molecule has 0 amide bonds. The van der Waals surface area contributed by atoms with Crippen molar-refractivity contribution in [3.05, 3.63) is 59.2 Å². The van der Waals surface area contributed by atoms with Crippen LogP contribution in [0, 0.1) is 5.92 Å². The molecule has 0 N–H and O–H groups in total. The quantitative estimate of drug-likeness (QED) is 0.657. The van der Waals surface area contributed by atoms with E-state index in [1.54, 1.807) is 7.11 Å². The van der Waals surface area contributed by atoms with Crippen LogP contribution in [0.1, 0.15) is 49.3 Å². The highest BCUT2D eigenvalue weighted by Gasteiger charge is 2.54. The highest BCUT2D eigenvalue weighted by molar-refractivity contribution is 5.58. The molecule has 160 valence electrons. The summed E-state index contributed by atoms with van der Waals surface area (Å²) in [5, 5.41) is 0. The summed E-state index contributed by atoms with van der Waals surface area (Å²) < 4.78 is 26.7. The molecule has 2 aromatic carbocycles. The number of likely N-dealkylation sites (N-methyl/N-ethyl adjacent to an activating group) is 1. The summed E-state index contributed by atoms with van der Waals surface area (Å²) >= 11 is 0. The first-order valence-electron chi connectivity index (χ1n) is 11.4. The molecular formula is C26H32FNO2. The summed E-state index contributed by atoms with van der Waals surface area (Å²) in [5.41, 5.74) is 3.93. The van der Waals surface area contributed by atoms with Crippen molar-refractivity contribution < 1.29 is 13.9 Å². The second-order valence-corrected chi connectivity index (χ2v) is 9.18. The van der Waals surface area contributed by atoms with E-state index in [0.717, 1.165) is 37.3 Å². The molecule has 0 bridgehead atoms. The van der Waals surface area contributed by atoms with Gasteiger partial charge >= 0.3 is 0 Å². The number of alkyl halides is 1. The van der Waals surface area contributed by atoms with Gasteiger partial charge in [0.2, 0.25) is 0 Å². The van der Waals surface area contributed by atoms with Crippen molar-refractivity contribution in [1.82, 2.24) is 4.90 Å². The van der Waals surface area contributed by atoms with Gasteiger partial charge < -0.3 is 9.47 Å². The zero-order valence-electron chi connectivity index (χ0n) is 18.2. The largest absolute Gasteiger partial charge is 0.493 e. The van der Waals surface area contributed by atoms with E-state index in [1.165, 1.54) is 16.7 Å². The third kappa shape index (κ3) is 3.11. The maximum atomic E-state index is 14.9. The van der Waals surface area contributed by atoms with Crippen molar-refractivity contribution in [1.29, 1.82) is 0 Å². The lowest BCUT2D eigenvalue weighted by Crippen LogP contribution is -2.54. The van der Waals surface area contributed by atoms with Crippen molar-refractivity contribution >= 4 is 0 Å². The van der Waals surface area contributed by atoms with Crippen LogP contribution in [0.5, 0.6) is 11.5 Å². The average molecular weight is 410 g/mol. The van der Waals surface area contributed by atoms with Crippen LogP contribution in [-0.2, 0) is 12.8 Å². The lowest BCUT2D eigenvalue weighted by Gasteiger charge is -2.48. The minimum Gasteiger partial charge on any atom is -0.493 e. The van der Waals surface area contributed by atoms with E-state index in [1.807, 2.05) is 6.07 Å². The number of rotatable bonds is 6. The fraction of sp³-hybridized carbons (Fsp3) is 0.538. The Morgan fingerprint density at radius 1 is 1.17 bits per heavy atom. The summed E-state index contributed by atoms with van der Waals surface area (Å²) in [6.45, 7) is 5.61. The lowest BCUT2D eigenvalue weighted by atomic mass is 9.64. The minimum absolute atomic E-state index is 0.144. The third-order valence-electron chi connectivity index (χ3n) is 7.66. The van der Waals surface area contributed by atoms with Crippen LogP contribution in [-0.4, -0.2) is 42.9 Å². The first-order valence-corrected chi connectivity index (χ1v) is 11.4. The van der Waals surface area contributed by atoms with Crippen molar-refractivity contribution in [2.45, 2.75) is 69.8 Å². The number of halogens is 1. The van der Waals surface area contributed by atoms with Crippen LogP contribution in [0.4, 0.5) is 4.39 Å². The maximum absolute atomic E-state index is 14.9. The minimum atomic E-state index is -0.897. The van der Waals surface area contributed by atoms with Crippen LogP contribution >= 0.6 is 0 Å². The molecule has 1 fully saturated rings. The molecule has 0 radical (unpaired) electrons. The summed E-state index contributed by atoms with van der Waals surface area (Å²) in [6, 6.07) is 15.8. The molecule has 5 unspecified atom stereocenters. The molecule has 3 nitrogen and oxygen atoms in total. The van der Waals surface area contributed by atoms with E-state index in [-0.39, 0.29) is 12.0 Å². The van der Waals surface area contributed by atoms with Crippen molar-refractivity contribution in [3.8, 4) is 11.5 Å². The van der Waals surface area contributed by atoms with Crippen molar-refractivity contribution in [3.63, 3.8) is 0 Å². The normalized spacial score (nSPS) is 30.0. The lowest BCUT2D eigenvalue weighted by molar-refractivity contribution is -0.00370. The van der Waals surface area contributed by atoms with E-state index >= 15 is 0 Å². The van der Waals surface area contributed by atoms with Gasteiger partial charge in [0.05, 0.1) is 7.11 Å². The topological polar surface area (TPSA) is 21.7 Å². The van der Waals surface area contributed by atoms with Crippen LogP contribution in [0.15, 0.2) is 42.5 Å². The highest BCUT2D eigenvalue weighted by Crippen LogP contribution is 2.57. The number of ether oxygens (including phenoxy) is 2. The molecule has 2 aromatic rings. The van der Waals surface area contributed by atoms with Gasteiger partial charge in [0, 0.05) is 23.6 Å². The number of methoxy groups -OCH3 is 1. The van der Waals surface area contributed by atoms with Gasteiger partial charge in [-0.1, -0.05) is 43.3 Å². The monoisotopic (exact) mass is 409 g/mol. The Labute approximate surface area is 179 Å². The predicted octanol–water partition coefficient (Wildman–Crippen LogP) is 5.17. The van der Waals surface area contributed by atoms with Gasteiger partial charge in [-0.15, -0.1) is 0 Å². The smallest absolute Gasteiger partial charge is 0.165 e. The van der Waals surface area contributed by atoms with E-state index < -0.39 is 6.17 Å². The third-order valence-corrected chi connectivity index (χ3v) is 7.66. The molecule has 0 aromatic heterocycles. The molecule has 5 rings (SSSR count). The zero-order valence-corrected chi connectivity index (χ0v) is 18.2. The Bertz CT molecular complexity index is 901. The molecule has 1 saturated carbocycles. The summed E-state index contributed by atoms with van der Waals surface area (Å²) in [4.78, 5) is 2.67. The molecule has 1 aliphatic heterocycles. The van der Waals surface area contributed by atoms with Crippen molar-refractivity contribution in [2.24, 2.45) is 5.92 Å². The first-order chi connectivity index (χ1) is 14.6. The average Bonchev–Trinajstić information content (AvgIpc) is 3.17. The molecule has 0 spiro atoms. The maximum Gasteiger partial charge on any atom is 0.165 e. The predicted molar refractivity (Wildman–Crippen MR) is 117 cm³/mol. The van der Waals surface area contributed by atoms with Crippen molar-refractivity contribution in [2.75, 3.05) is 13.7 Å². The number of nitrogens with zero attached hydrogens (tertiary/aromatic N) is 1. The van der Waals surface area contributed by atoms with Gasteiger partial charge in [0.25, 0.3) is 0 Å². The molecule has 1 heterocycles. The summed E-state index contributed by atoms with van der Waals surface area (Å²) in [7, 11) is 1.67. The summed E-state index contributed by atoms with van der Waals surface area (Å²) in [5.74, 6) is 2.13. The Morgan fingerprint density at radius 3 is 2.70 bits per heavy atom. The van der Waals surface area contributed by atoms with Gasteiger partial charge in [-0.3, -0.25) is 4.90 Å². The molecule has 3 aliphatic rings. The Balaban J connectivity index is 1.49. The highest BCUT2D eigenvalue weighted by atomic mass is 19.1. The van der Waals surface area contributed by atoms with E-state index in [4.69, 9.17) is 9.47 Å². The fourth-order valence-electron chi connectivity index (χ4n) is 6.39. The van der Waals surface area contributed by atoms with Crippen LogP contribution in [0.2, 0.25) is 0 Å². The van der Waals surface area contributed by atoms with E-state index in [0.29, 0.717) is 24.4 Å². The molecule has 4 heteroatoms. The SMILES string of the molecule is CCN(C(C)Cc1ccccc1)[C@H]1Cc2ccc(OC)c3c2C2C(O3)C(F)CCC21. The number of hydrogen-bond acceptors (Lipinski definition) is 3. The number of hydrogen-bond donors (Lipinski definition) is 0. The molecule has 30 heavy (non-hydrogen) atoms. The van der Waals surface area contributed by atoms with Crippen LogP contribution in [0.3, 0.4) is 0 Å². The fourth-order valence-corrected chi connectivity index (χ4v) is 6.39. The van der Waals surface area contributed by atoms with Gasteiger partial charge in [0.15, 0.2) is 11.5 Å². The molecule has 6 atom stereocenters. The van der Waals surface area contributed by atoms with Gasteiger partial charge in [-0.05, 0) is 62.3 Å². The molecule has 0 saturated heterocycles. The Morgan fingerprint density at radius 2 is 1.97 bits per heavy atom. The second-order valence-electron chi connectivity index (χ2n) is 9.18. The van der Waals surface area contributed by atoms with Gasteiger partial charge in [-0.2, -0.15) is 0 Å². The molecular weight excluding hydrogens is 377 g/mol. The molecule has 2 aliphatic carbocycles. The van der Waals surface area contributed by atoms with Crippen LogP contribution < -0.4 is 9.47 Å². The standard InChI is InChI=1S/C26H32FNO2/c1-4-28(16(2)14-17-8-6-5-7-9-17)21-15-18-10-13-22(29-3)26-23(18)24-19(21)11-12-20(27)25(24)30-26/h5-10,13,16,19-21,24-25H,4,11-12,14-15H2,1-3H3/t16?,19?,20?,21-,24?,25?/m0/s1.